The lowest BCUT2D eigenvalue weighted by Gasteiger charge is -2.33. The summed E-state index contributed by atoms with van der Waals surface area (Å²) in [7, 11) is 1.75. The van der Waals surface area contributed by atoms with Crippen LogP contribution in [0.1, 0.15) is 29.5 Å². The normalized spacial score (nSPS) is 16.8. The van der Waals surface area contributed by atoms with Crippen molar-refractivity contribution in [3.8, 4) is 11.5 Å². The fourth-order valence-corrected chi connectivity index (χ4v) is 4.65. The molecule has 0 fully saturated rings. The molecule has 0 radical (unpaired) electrons. The van der Waals surface area contributed by atoms with Crippen LogP contribution in [-0.2, 0) is 19.4 Å². The Kier molecular flexibility index (Phi) is 7.81. The Hall–Kier alpha value is -2.82. The van der Waals surface area contributed by atoms with Crippen LogP contribution in [0.15, 0.2) is 78.9 Å². The van der Waals surface area contributed by atoms with Crippen molar-refractivity contribution in [3.05, 3.63) is 95.6 Å². The highest BCUT2D eigenvalue weighted by atomic mass is 16.5. The second kappa shape index (κ2) is 11.2. The monoisotopic (exact) mass is 431 g/mol. The van der Waals surface area contributed by atoms with Crippen LogP contribution in [0.25, 0.3) is 0 Å². The molecule has 3 aromatic rings. The van der Waals surface area contributed by atoms with Gasteiger partial charge in [-0.15, -0.1) is 0 Å². The Morgan fingerprint density at radius 2 is 1.72 bits per heavy atom. The molecule has 168 valence electrons. The molecule has 2 atom stereocenters. The van der Waals surface area contributed by atoms with Crippen molar-refractivity contribution < 1.29 is 14.6 Å². The molecule has 0 aliphatic heterocycles. The lowest BCUT2D eigenvalue weighted by atomic mass is 9.99. The molecule has 4 heteroatoms. The number of fused-ring (bicyclic) bond motifs is 1. The predicted octanol–water partition coefficient (Wildman–Crippen LogP) is 4.88. The number of ether oxygens (including phenoxy) is 2. The first kappa shape index (κ1) is 22.4. The molecule has 1 aliphatic carbocycles. The molecule has 0 heterocycles. The lowest BCUT2D eigenvalue weighted by molar-refractivity contribution is 0.0463. The van der Waals surface area contributed by atoms with Gasteiger partial charge in [0.15, 0.2) is 0 Å². The standard InChI is InChI=1S/C28H33NO3/c1-31-28-17-8-12-23-18-24(13-9-16-27(23)28)29(19-22-10-4-2-5-11-22)20-25(30)21-32-26-14-6-3-7-15-26/h2-8,10-12,14-15,17,24-25,30H,9,13,16,18-21H2,1H3. The number of methoxy groups -OCH3 is 1. The summed E-state index contributed by atoms with van der Waals surface area (Å²) in [6, 6.07) is 27.0. The van der Waals surface area contributed by atoms with Gasteiger partial charge in [0.2, 0.25) is 0 Å². The summed E-state index contributed by atoms with van der Waals surface area (Å²) in [5.74, 6) is 1.78. The molecule has 32 heavy (non-hydrogen) atoms. The number of nitrogens with zero attached hydrogens (tertiary/aromatic N) is 1. The maximum absolute atomic E-state index is 10.9. The average Bonchev–Trinajstić information content (AvgIpc) is 3.06. The first-order valence-corrected chi connectivity index (χ1v) is 11.5. The van der Waals surface area contributed by atoms with E-state index in [2.05, 4.69) is 47.4 Å². The quantitative estimate of drug-likeness (QED) is 0.490. The highest BCUT2D eigenvalue weighted by molar-refractivity contribution is 5.41. The van der Waals surface area contributed by atoms with Gasteiger partial charge in [0, 0.05) is 19.1 Å². The molecule has 2 unspecified atom stereocenters. The van der Waals surface area contributed by atoms with Crippen LogP contribution < -0.4 is 9.47 Å². The minimum Gasteiger partial charge on any atom is -0.496 e. The third kappa shape index (κ3) is 5.90. The van der Waals surface area contributed by atoms with Gasteiger partial charge in [0.25, 0.3) is 0 Å². The van der Waals surface area contributed by atoms with Crippen molar-refractivity contribution in [3.63, 3.8) is 0 Å². The van der Waals surface area contributed by atoms with E-state index in [4.69, 9.17) is 9.47 Å². The van der Waals surface area contributed by atoms with Gasteiger partial charge in [0.05, 0.1) is 7.11 Å². The molecule has 1 N–H and O–H groups in total. The predicted molar refractivity (Wildman–Crippen MR) is 128 cm³/mol. The lowest BCUT2D eigenvalue weighted by Crippen LogP contribution is -2.42. The van der Waals surface area contributed by atoms with Crippen molar-refractivity contribution in [2.75, 3.05) is 20.3 Å². The van der Waals surface area contributed by atoms with Crippen LogP contribution in [0.3, 0.4) is 0 Å². The summed E-state index contributed by atoms with van der Waals surface area (Å²) in [4.78, 5) is 2.43. The second-order valence-corrected chi connectivity index (χ2v) is 8.54. The van der Waals surface area contributed by atoms with Gasteiger partial charge in [-0.3, -0.25) is 4.90 Å². The van der Waals surface area contributed by atoms with E-state index in [1.807, 2.05) is 36.4 Å². The van der Waals surface area contributed by atoms with Crippen molar-refractivity contribution >= 4 is 0 Å². The zero-order valence-corrected chi connectivity index (χ0v) is 18.8. The van der Waals surface area contributed by atoms with Gasteiger partial charge in [-0.25, -0.2) is 0 Å². The van der Waals surface area contributed by atoms with E-state index in [1.165, 1.54) is 16.7 Å². The number of benzene rings is 3. The average molecular weight is 432 g/mol. The smallest absolute Gasteiger partial charge is 0.122 e. The number of aliphatic hydroxyl groups excluding tert-OH is 1. The third-order valence-corrected chi connectivity index (χ3v) is 6.25. The van der Waals surface area contributed by atoms with Crippen LogP contribution in [0, 0.1) is 0 Å². The number of hydrogen-bond acceptors (Lipinski definition) is 4. The number of rotatable bonds is 9. The van der Waals surface area contributed by atoms with E-state index in [0.29, 0.717) is 12.6 Å². The molecule has 0 bridgehead atoms. The van der Waals surface area contributed by atoms with E-state index in [-0.39, 0.29) is 6.61 Å². The topological polar surface area (TPSA) is 41.9 Å². The minimum atomic E-state index is -0.563. The summed E-state index contributed by atoms with van der Waals surface area (Å²) >= 11 is 0. The SMILES string of the molecule is COc1cccc2c1CCCC(N(Cc1ccccc1)CC(O)COc1ccccc1)C2. The van der Waals surface area contributed by atoms with Gasteiger partial charge < -0.3 is 14.6 Å². The van der Waals surface area contributed by atoms with Crippen LogP contribution in [0.5, 0.6) is 11.5 Å². The maximum Gasteiger partial charge on any atom is 0.122 e. The number of hydrogen-bond donors (Lipinski definition) is 1. The molecule has 4 nitrogen and oxygen atoms in total. The fourth-order valence-electron chi connectivity index (χ4n) is 4.65. The molecule has 0 amide bonds. The van der Waals surface area contributed by atoms with Crippen LogP contribution in [0.4, 0.5) is 0 Å². The Morgan fingerprint density at radius 1 is 0.969 bits per heavy atom. The van der Waals surface area contributed by atoms with Gasteiger partial charge in [-0.2, -0.15) is 0 Å². The van der Waals surface area contributed by atoms with Crippen LogP contribution in [-0.4, -0.2) is 42.4 Å². The van der Waals surface area contributed by atoms with Crippen molar-refractivity contribution in [2.24, 2.45) is 0 Å². The van der Waals surface area contributed by atoms with Gasteiger partial charge in [-0.1, -0.05) is 60.7 Å². The Labute approximate surface area is 191 Å². The van der Waals surface area contributed by atoms with Gasteiger partial charge in [-0.05, 0) is 60.6 Å². The highest BCUT2D eigenvalue weighted by Gasteiger charge is 2.26. The Bertz CT molecular complexity index is 961. The molecule has 4 rings (SSSR count). The molecular weight excluding hydrogens is 398 g/mol. The van der Waals surface area contributed by atoms with E-state index < -0.39 is 6.10 Å². The number of para-hydroxylation sites is 1. The third-order valence-electron chi connectivity index (χ3n) is 6.25. The largest absolute Gasteiger partial charge is 0.496 e. The van der Waals surface area contributed by atoms with E-state index in [1.54, 1.807) is 7.11 Å². The minimum absolute atomic E-state index is 0.284. The molecule has 0 aromatic heterocycles. The van der Waals surface area contributed by atoms with Gasteiger partial charge in [0.1, 0.15) is 24.2 Å². The summed E-state index contributed by atoms with van der Waals surface area (Å²) in [5, 5.41) is 10.9. The first-order chi connectivity index (χ1) is 15.7. The molecule has 0 saturated carbocycles. The van der Waals surface area contributed by atoms with Crippen molar-refractivity contribution in [2.45, 2.75) is 44.4 Å². The first-order valence-electron chi connectivity index (χ1n) is 11.5. The van der Waals surface area contributed by atoms with E-state index >= 15 is 0 Å². The summed E-state index contributed by atoms with van der Waals surface area (Å²) in [6.45, 7) is 1.67. The maximum atomic E-state index is 10.9. The molecule has 0 spiro atoms. The highest BCUT2D eigenvalue weighted by Crippen LogP contribution is 2.31. The van der Waals surface area contributed by atoms with Crippen LogP contribution in [0.2, 0.25) is 0 Å². The Morgan fingerprint density at radius 3 is 2.47 bits per heavy atom. The van der Waals surface area contributed by atoms with Gasteiger partial charge >= 0.3 is 0 Å². The number of aliphatic hydroxyl groups is 1. The zero-order chi connectivity index (χ0) is 22.2. The van der Waals surface area contributed by atoms with Crippen molar-refractivity contribution in [1.82, 2.24) is 4.90 Å². The van der Waals surface area contributed by atoms with E-state index in [9.17, 15) is 5.11 Å². The van der Waals surface area contributed by atoms with Crippen LogP contribution >= 0.6 is 0 Å². The zero-order valence-electron chi connectivity index (χ0n) is 18.8. The van der Waals surface area contributed by atoms with Crippen molar-refractivity contribution in [1.29, 1.82) is 0 Å². The molecule has 1 aliphatic rings. The van der Waals surface area contributed by atoms with E-state index in [0.717, 1.165) is 43.7 Å². The summed E-state index contributed by atoms with van der Waals surface area (Å²) in [5.41, 5.74) is 3.96. The molecular formula is C28H33NO3. The molecule has 3 aromatic carbocycles. The summed E-state index contributed by atoms with van der Waals surface area (Å²) in [6.07, 6.45) is 3.64. The molecule has 0 saturated heterocycles. The second-order valence-electron chi connectivity index (χ2n) is 8.54. The Balaban J connectivity index is 1.49. The summed E-state index contributed by atoms with van der Waals surface area (Å²) < 4.78 is 11.5. The fraction of sp³-hybridized carbons (Fsp3) is 0.357.